The number of aliphatic hydroxyl groups is 1. The molecular formula is C11H16BrNOS. The van der Waals surface area contributed by atoms with Gasteiger partial charge < -0.3 is 10.4 Å². The molecule has 0 saturated carbocycles. The van der Waals surface area contributed by atoms with Gasteiger partial charge >= 0.3 is 0 Å². The average Bonchev–Trinajstić information content (AvgIpc) is 2.58. The molecule has 2 rings (SSSR count). The van der Waals surface area contributed by atoms with Gasteiger partial charge in [-0.25, -0.2) is 0 Å². The molecule has 0 aliphatic carbocycles. The molecule has 0 aromatic carbocycles. The zero-order chi connectivity index (χ0) is 10.8. The fraction of sp³-hybridized carbons (Fsp3) is 0.636. The second-order valence-corrected chi connectivity index (χ2v) is 6.73. The average molecular weight is 290 g/mol. The van der Waals surface area contributed by atoms with Crippen molar-refractivity contribution in [2.24, 2.45) is 5.92 Å². The maximum atomic E-state index is 10.3. The maximum Gasteiger partial charge on any atom is 0.0830 e. The van der Waals surface area contributed by atoms with Crippen LogP contribution in [-0.4, -0.2) is 18.2 Å². The molecule has 2 nitrogen and oxygen atoms in total. The smallest absolute Gasteiger partial charge is 0.0830 e. The van der Waals surface area contributed by atoms with Gasteiger partial charge in [-0.05, 0) is 66.3 Å². The first-order valence-corrected chi connectivity index (χ1v) is 6.94. The van der Waals surface area contributed by atoms with E-state index in [0.29, 0.717) is 5.92 Å². The van der Waals surface area contributed by atoms with Crippen molar-refractivity contribution in [3.8, 4) is 0 Å². The third-order valence-electron chi connectivity index (χ3n) is 3.08. The highest BCUT2D eigenvalue weighted by atomic mass is 79.9. The molecule has 2 N–H and O–H groups in total. The van der Waals surface area contributed by atoms with Gasteiger partial charge in [0.05, 0.1) is 9.89 Å². The number of piperidine rings is 1. The van der Waals surface area contributed by atoms with Gasteiger partial charge in [0.25, 0.3) is 0 Å². The Balaban J connectivity index is 2.12. The van der Waals surface area contributed by atoms with Crippen LogP contribution in [0, 0.1) is 12.8 Å². The Kier molecular flexibility index (Phi) is 3.83. The Morgan fingerprint density at radius 3 is 2.73 bits per heavy atom. The summed E-state index contributed by atoms with van der Waals surface area (Å²) in [5.41, 5.74) is 1.11. The molecule has 0 radical (unpaired) electrons. The summed E-state index contributed by atoms with van der Waals surface area (Å²) >= 11 is 5.17. The standard InChI is InChI=1S/C11H16BrNOS/c1-7-9(6-10(12)15-7)11(14)8-2-4-13-5-3-8/h6,8,11,13-14H,2-5H2,1H3. The van der Waals surface area contributed by atoms with Crippen LogP contribution in [0.5, 0.6) is 0 Å². The second kappa shape index (κ2) is 4.95. The number of hydrogen-bond donors (Lipinski definition) is 2. The highest BCUT2D eigenvalue weighted by molar-refractivity contribution is 9.11. The predicted octanol–water partition coefficient (Wildman–Crippen LogP) is 2.85. The molecule has 0 amide bonds. The minimum atomic E-state index is -0.283. The number of aryl methyl sites for hydroxylation is 1. The van der Waals surface area contributed by atoms with E-state index in [9.17, 15) is 5.11 Å². The summed E-state index contributed by atoms with van der Waals surface area (Å²) in [7, 11) is 0. The number of hydrogen-bond acceptors (Lipinski definition) is 3. The highest BCUT2D eigenvalue weighted by Crippen LogP contribution is 2.36. The maximum absolute atomic E-state index is 10.3. The first kappa shape index (κ1) is 11.6. The molecule has 0 spiro atoms. The van der Waals surface area contributed by atoms with Gasteiger partial charge in [0.1, 0.15) is 0 Å². The topological polar surface area (TPSA) is 32.3 Å². The van der Waals surface area contributed by atoms with Crippen LogP contribution in [0.4, 0.5) is 0 Å². The van der Waals surface area contributed by atoms with Crippen molar-refractivity contribution in [3.63, 3.8) is 0 Å². The van der Waals surface area contributed by atoms with Crippen LogP contribution < -0.4 is 5.32 Å². The summed E-state index contributed by atoms with van der Waals surface area (Å²) < 4.78 is 1.11. The summed E-state index contributed by atoms with van der Waals surface area (Å²) in [6.07, 6.45) is 1.87. The second-order valence-electron chi connectivity index (χ2n) is 4.09. The first-order valence-electron chi connectivity index (χ1n) is 5.33. The zero-order valence-corrected chi connectivity index (χ0v) is 11.2. The lowest BCUT2D eigenvalue weighted by Gasteiger charge is -2.27. The third-order valence-corrected chi connectivity index (χ3v) is 4.64. The number of rotatable bonds is 2. The van der Waals surface area contributed by atoms with Crippen molar-refractivity contribution >= 4 is 27.3 Å². The molecule has 84 valence electrons. The largest absolute Gasteiger partial charge is 0.388 e. The highest BCUT2D eigenvalue weighted by Gasteiger charge is 2.25. The van der Waals surface area contributed by atoms with Crippen LogP contribution in [0.1, 0.15) is 29.4 Å². The van der Waals surface area contributed by atoms with Crippen LogP contribution in [0.2, 0.25) is 0 Å². The Bertz CT molecular complexity index is 333. The Morgan fingerprint density at radius 1 is 1.53 bits per heavy atom. The van der Waals surface area contributed by atoms with E-state index in [2.05, 4.69) is 34.2 Å². The van der Waals surface area contributed by atoms with Gasteiger partial charge in [0.2, 0.25) is 0 Å². The summed E-state index contributed by atoms with van der Waals surface area (Å²) in [4.78, 5) is 1.23. The molecule has 15 heavy (non-hydrogen) atoms. The summed E-state index contributed by atoms with van der Waals surface area (Å²) in [6, 6.07) is 2.06. The Hall–Kier alpha value is 0.1000. The SMILES string of the molecule is Cc1sc(Br)cc1C(O)C1CCNCC1. The van der Waals surface area contributed by atoms with Gasteiger partial charge in [-0.15, -0.1) is 11.3 Å². The Labute approximate surface area is 103 Å². The van der Waals surface area contributed by atoms with E-state index >= 15 is 0 Å². The summed E-state index contributed by atoms with van der Waals surface area (Å²) in [5, 5.41) is 13.6. The number of nitrogens with one attached hydrogen (secondary N) is 1. The van der Waals surface area contributed by atoms with Gasteiger partial charge in [-0.3, -0.25) is 0 Å². The monoisotopic (exact) mass is 289 g/mol. The predicted molar refractivity (Wildman–Crippen MR) is 67.3 cm³/mol. The molecule has 1 aliphatic rings. The number of halogens is 1. The van der Waals surface area contributed by atoms with Crippen molar-refractivity contribution in [2.45, 2.75) is 25.9 Å². The minimum Gasteiger partial charge on any atom is -0.388 e. The molecule has 1 atom stereocenters. The van der Waals surface area contributed by atoms with E-state index in [1.807, 2.05) is 0 Å². The van der Waals surface area contributed by atoms with E-state index in [0.717, 1.165) is 35.3 Å². The van der Waals surface area contributed by atoms with Gasteiger partial charge in [-0.2, -0.15) is 0 Å². The molecular weight excluding hydrogens is 274 g/mol. The van der Waals surface area contributed by atoms with E-state index < -0.39 is 0 Å². The number of thiophene rings is 1. The van der Waals surface area contributed by atoms with E-state index in [-0.39, 0.29) is 6.10 Å². The number of aliphatic hydroxyl groups excluding tert-OH is 1. The molecule has 2 heterocycles. The summed E-state index contributed by atoms with van der Waals surface area (Å²) in [6.45, 7) is 4.15. The van der Waals surface area contributed by atoms with Crippen LogP contribution in [0.25, 0.3) is 0 Å². The van der Waals surface area contributed by atoms with Crippen LogP contribution in [-0.2, 0) is 0 Å². The fourth-order valence-corrected chi connectivity index (χ4v) is 3.92. The van der Waals surface area contributed by atoms with E-state index in [4.69, 9.17) is 0 Å². The van der Waals surface area contributed by atoms with Gasteiger partial charge in [0, 0.05) is 4.88 Å². The van der Waals surface area contributed by atoms with Crippen molar-refractivity contribution in [1.82, 2.24) is 5.32 Å². The lowest BCUT2D eigenvalue weighted by molar-refractivity contribution is 0.0888. The van der Waals surface area contributed by atoms with Gasteiger partial charge in [-0.1, -0.05) is 0 Å². The van der Waals surface area contributed by atoms with Crippen LogP contribution in [0.3, 0.4) is 0 Å². The molecule has 1 fully saturated rings. The lowest BCUT2D eigenvalue weighted by Crippen LogP contribution is -2.30. The molecule has 1 aliphatic heterocycles. The van der Waals surface area contributed by atoms with Crippen molar-refractivity contribution in [3.05, 3.63) is 20.3 Å². The fourth-order valence-electron chi connectivity index (χ4n) is 2.17. The van der Waals surface area contributed by atoms with Crippen LogP contribution >= 0.6 is 27.3 Å². The normalized spacial score (nSPS) is 20.5. The van der Waals surface area contributed by atoms with Crippen molar-refractivity contribution < 1.29 is 5.11 Å². The quantitative estimate of drug-likeness (QED) is 0.878. The molecule has 4 heteroatoms. The minimum absolute atomic E-state index is 0.283. The van der Waals surface area contributed by atoms with Crippen LogP contribution in [0.15, 0.2) is 9.85 Å². The molecule has 1 unspecified atom stereocenters. The first-order chi connectivity index (χ1) is 7.18. The van der Waals surface area contributed by atoms with E-state index in [1.165, 1.54) is 4.88 Å². The Morgan fingerprint density at radius 2 is 2.20 bits per heavy atom. The van der Waals surface area contributed by atoms with Crippen molar-refractivity contribution in [1.29, 1.82) is 0 Å². The van der Waals surface area contributed by atoms with E-state index in [1.54, 1.807) is 11.3 Å². The molecule has 0 bridgehead atoms. The lowest BCUT2D eigenvalue weighted by atomic mass is 9.88. The van der Waals surface area contributed by atoms with Crippen molar-refractivity contribution in [2.75, 3.05) is 13.1 Å². The zero-order valence-electron chi connectivity index (χ0n) is 8.79. The molecule has 1 saturated heterocycles. The molecule has 1 aromatic heterocycles. The van der Waals surface area contributed by atoms with Gasteiger partial charge in [0.15, 0.2) is 0 Å². The molecule has 1 aromatic rings. The summed E-state index contributed by atoms with van der Waals surface area (Å²) in [5.74, 6) is 0.423. The third kappa shape index (κ3) is 2.61.